The Morgan fingerprint density at radius 3 is 2.44 bits per heavy atom. The number of hydrogen-bond acceptors (Lipinski definition) is 3. The number of nitrogens with one attached hydrogen (secondary N) is 2. The third-order valence-electron chi connectivity index (χ3n) is 2.28. The van der Waals surface area contributed by atoms with Gasteiger partial charge in [0.1, 0.15) is 6.54 Å². The molecule has 1 aromatic rings. The lowest BCUT2D eigenvalue weighted by atomic mass is 10.1. The molecule has 18 heavy (non-hydrogen) atoms. The van der Waals surface area contributed by atoms with E-state index in [-0.39, 0.29) is 6.54 Å². The number of carbonyl (C=O) groups is 2. The number of anilines is 1. The van der Waals surface area contributed by atoms with Crippen molar-refractivity contribution in [3.05, 3.63) is 29.8 Å². The van der Waals surface area contributed by atoms with Gasteiger partial charge in [0.05, 0.1) is 6.07 Å². The van der Waals surface area contributed by atoms with Gasteiger partial charge >= 0.3 is 11.8 Å². The molecule has 5 heteroatoms. The minimum absolute atomic E-state index is 0.179. The Kier molecular flexibility index (Phi) is 5.39. The van der Waals surface area contributed by atoms with Crippen molar-refractivity contribution in [2.24, 2.45) is 0 Å². The number of carbonyl (C=O) groups excluding carboxylic acids is 2. The summed E-state index contributed by atoms with van der Waals surface area (Å²) in [5.74, 6) is -1.58. The molecule has 0 aliphatic rings. The van der Waals surface area contributed by atoms with E-state index in [9.17, 15) is 9.59 Å². The predicted molar refractivity (Wildman–Crippen MR) is 67.7 cm³/mol. The van der Waals surface area contributed by atoms with Crippen molar-refractivity contribution in [2.45, 2.75) is 19.8 Å². The molecule has 0 unspecified atom stereocenters. The zero-order valence-electron chi connectivity index (χ0n) is 10.2. The van der Waals surface area contributed by atoms with Crippen molar-refractivity contribution in [1.82, 2.24) is 5.32 Å². The Morgan fingerprint density at radius 2 is 1.89 bits per heavy atom. The minimum Gasteiger partial charge on any atom is -0.335 e. The Balaban J connectivity index is 2.54. The molecule has 0 fully saturated rings. The first-order valence-electron chi connectivity index (χ1n) is 5.72. The molecule has 0 aliphatic carbocycles. The van der Waals surface area contributed by atoms with E-state index in [2.05, 4.69) is 17.6 Å². The van der Waals surface area contributed by atoms with E-state index >= 15 is 0 Å². The Labute approximate surface area is 106 Å². The van der Waals surface area contributed by atoms with Crippen LogP contribution in [0.15, 0.2) is 24.3 Å². The molecule has 2 N–H and O–H groups in total. The van der Waals surface area contributed by atoms with E-state index < -0.39 is 11.8 Å². The molecule has 0 spiro atoms. The number of amides is 2. The lowest BCUT2D eigenvalue weighted by Gasteiger charge is -2.05. The molecule has 0 heterocycles. The lowest BCUT2D eigenvalue weighted by Crippen LogP contribution is -2.35. The van der Waals surface area contributed by atoms with E-state index in [1.54, 1.807) is 18.2 Å². The maximum Gasteiger partial charge on any atom is 0.313 e. The van der Waals surface area contributed by atoms with Gasteiger partial charge in [-0.15, -0.1) is 0 Å². The van der Waals surface area contributed by atoms with Crippen LogP contribution in [0.5, 0.6) is 0 Å². The van der Waals surface area contributed by atoms with Crippen LogP contribution in [0.4, 0.5) is 5.69 Å². The third kappa shape index (κ3) is 4.26. The summed E-state index contributed by atoms with van der Waals surface area (Å²) in [6.07, 6.45) is 2.04. The highest BCUT2D eigenvalue weighted by atomic mass is 16.2. The van der Waals surface area contributed by atoms with Gasteiger partial charge in [-0.05, 0) is 24.1 Å². The second kappa shape index (κ2) is 7.07. The first kappa shape index (κ1) is 13.7. The van der Waals surface area contributed by atoms with Crippen LogP contribution >= 0.6 is 0 Å². The van der Waals surface area contributed by atoms with E-state index in [1.165, 1.54) is 5.56 Å². The number of hydrogen-bond donors (Lipinski definition) is 2. The van der Waals surface area contributed by atoms with Gasteiger partial charge in [-0.2, -0.15) is 5.26 Å². The first-order chi connectivity index (χ1) is 8.67. The van der Waals surface area contributed by atoms with E-state index in [0.29, 0.717) is 5.69 Å². The number of rotatable bonds is 4. The maximum atomic E-state index is 11.4. The van der Waals surface area contributed by atoms with Gasteiger partial charge in [-0.25, -0.2) is 0 Å². The van der Waals surface area contributed by atoms with Gasteiger partial charge < -0.3 is 10.6 Å². The number of nitriles is 1. The van der Waals surface area contributed by atoms with Gasteiger partial charge in [0.15, 0.2) is 0 Å². The largest absolute Gasteiger partial charge is 0.335 e. The quantitative estimate of drug-likeness (QED) is 0.618. The van der Waals surface area contributed by atoms with Crippen LogP contribution in [0.2, 0.25) is 0 Å². The number of benzene rings is 1. The molecule has 94 valence electrons. The summed E-state index contributed by atoms with van der Waals surface area (Å²) in [4.78, 5) is 22.6. The van der Waals surface area contributed by atoms with Gasteiger partial charge in [-0.1, -0.05) is 25.5 Å². The first-order valence-corrected chi connectivity index (χ1v) is 5.72. The number of nitrogens with zero attached hydrogens (tertiary/aromatic N) is 1. The van der Waals surface area contributed by atoms with E-state index in [0.717, 1.165) is 12.8 Å². The highest BCUT2D eigenvalue weighted by molar-refractivity contribution is 6.39. The predicted octanol–water partition coefficient (Wildman–Crippen LogP) is 1.22. The molecule has 5 nitrogen and oxygen atoms in total. The molecule has 1 rings (SSSR count). The monoisotopic (exact) mass is 245 g/mol. The molecule has 1 aromatic carbocycles. The molecular weight excluding hydrogens is 230 g/mol. The van der Waals surface area contributed by atoms with Gasteiger partial charge in [0.25, 0.3) is 0 Å². The summed E-state index contributed by atoms with van der Waals surface area (Å²) in [5.41, 5.74) is 1.75. The Hall–Kier alpha value is -2.35. The lowest BCUT2D eigenvalue weighted by molar-refractivity contribution is -0.136. The molecule has 0 aromatic heterocycles. The van der Waals surface area contributed by atoms with Crippen molar-refractivity contribution in [2.75, 3.05) is 11.9 Å². The summed E-state index contributed by atoms with van der Waals surface area (Å²) in [6, 6.07) is 9.05. The molecular formula is C13H15N3O2. The average molecular weight is 245 g/mol. The van der Waals surface area contributed by atoms with Gasteiger partial charge in [-0.3, -0.25) is 9.59 Å². The zero-order chi connectivity index (χ0) is 13.4. The van der Waals surface area contributed by atoms with Crippen LogP contribution in [0, 0.1) is 11.3 Å². The van der Waals surface area contributed by atoms with Crippen molar-refractivity contribution >= 4 is 17.5 Å². The maximum absolute atomic E-state index is 11.4. The van der Waals surface area contributed by atoms with Crippen LogP contribution < -0.4 is 10.6 Å². The van der Waals surface area contributed by atoms with Crippen LogP contribution in [-0.2, 0) is 16.0 Å². The minimum atomic E-state index is -0.811. The van der Waals surface area contributed by atoms with Crippen LogP contribution in [-0.4, -0.2) is 18.4 Å². The Bertz CT molecular complexity index is 460. The van der Waals surface area contributed by atoms with Crippen LogP contribution in [0.1, 0.15) is 18.9 Å². The summed E-state index contributed by atoms with van der Waals surface area (Å²) in [5, 5.41) is 12.9. The molecule has 0 saturated carbocycles. The molecule has 0 atom stereocenters. The van der Waals surface area contributed by atoms with Crippen molar-refractivity contribution in [3.63, 3.8) is 0 Å². The fourth-order valence-electron chi connectivity index (χ4n) is 1.43. The third-order valence-corrected chi connectivity index (χ3v) is 2.28. The summed E-state index contributed by atoms with van der Waals surface area (Å²) in [6.45, 7) is 1.91. The van der Waals surface area contributed by atoms with Crippen molar-refractivity contribution in [3.8, 4) is 6.07 Å². The van der Waals surface area contributed by atoms with E-state index in [4.69, 9.17) is 5.26 Å². The fourth-order valence-corrected chi connectivity index (χ4v) is 1.43. The van der Waals surface area contributed by atoms with E-state index in [1.807, 2.05) is 12.1 Å². The topological polar surface area (TPSA) is 82.0 Å². The SMILES string of the molecule is CCCc1ccc(NC(=O)C(=O)NCC#N)cc1. The molecule has 0 bridgehead atoms. The average Bonchev–Trinajstić information content (AvgIpc) is 2.38. The summed E-state index contributed by atoms with van der Waals surface area (Å²) < 4.78 is 0. The summed E-state index contributed by atoms with van der Waals surface area (Å²) >= 11 is 0. The molecule has 0 saturated heterocycles. The van der Waals surface area contributed by atoms with Crippen LogP contribution in [0.3, 0.4) is 0 Å². The number of aryl methyl sites for hydroxylation is 1. The normalized spacial score (nSPS) is 9.33. The smallest absolute Gasteiger partial charge is 0.313 e. The zero-order valence-corrected chi connectivity index (χ0v) is 10.2. The summed E-state index contributed by atoms with van der Waals surface area (Å²) in [7, 11) is 0. The van der Waals surface area contributed by atoms with Gasteiger partial charge in [0.2, 0.25) is 0 Å². The van der Waals surface area contributed by atoms with Crippen LogP contribution in [0.25, 0.3) is 0 Å². The second-order valence-corrected chi connectivity index (χ2v) is 3.74. The van der Waals surface area contributed by atoms with Gasteiger partial charge in [0, 0.05) is 5.69 Å². The van der Waals surface area contributed by atoms with Crippen molar-refractivity contribution in [1.29, 1.82) is 5.26 Å². The standard InChI is InChI=1S/C13H15N3O2/c1-2-3-10-4-6-11(7-5-10)16-13(18)12(17)15-9-8-14/h4-7H,2-3,9H2,1H3,(H,15,17)(H,16,18). The van der Waals surface area contributed by atoms with Crippen molar-refractivity contribution < 1.29 is 9.59 Å². The fraction of sp³-hybridized carbons (Fsp3) is 0.308. The molecule has 0 radical (unpaired) electrons. The molecule has 0 aliphatic heterocycles. The molecule has 2 amide bonds. The highest BCUT2D eigenvalue weighted by Gasteiger charge is 2.12. The highest BCUT2D eigenvalue weighted by Crippen LogP contribution is 2.10. The Morgan fingerprint density at radius 1 is 1.22 bits per heavy atom. The second-order valence-electron chi connectivity index (χ2n) is 3.74.